The number of benzene rings is 1. The average molecular weight is 216 g/mol. The van der Waals surface area contributed by atoms with Gasteiger partial charge in [0.1, 0.15) is 5.75 Å². The van der Waals surface area contributed by atoms with E-state index >= 15 is 0 Å². The van der Waals surface area contributed by atoms with E-state index in [0.29, 0.717) is 11.5 Å². The van der Waals surface area contributed by atoms with Gasteiger partial charge in [-0.3, -0.25) is 4.79 Å². The normalized spacial score (nSPS) is 10.1. The van der Waals surface area contributed by atoms with Gasteiger partial charge in [0, 0.05) is 6.07 Å². The molecule has 4 heteroatoms. The summed E-state index contributed by atoms with van der Waals surface area (Å²) in [5.41, 5.74) is 0.971. The lowest BCUT2D eigenvalue weighted by Crippen LogP contribution is -2.05. The Bertz CT molecular complexity index is 517. The molecule has 0 saturated carbocycles. The second-order valence-electron chi connectivity index (χ2n) is 3.38. The van der Waals surface area contributed by atoms with E-state index < -0.39 is 0 Å². The minimum absolute atomic E-state index is 0.275. The van der Waals surface area contributed by atoms with E-state index in [1.165, 1.54) is 17.8 Å². The lowest BCUT2D eigenvalue weighted by molar-refractivity contribution is 0.477. The third-order valence-corrected chi connectivity index (χ3v) is 2.21. The highest BCUT2D eigenvalue weighted by atomic mass is 16.5. The zero-order chi connectivity index (χ0) is 11.4. The van der Waals surface area contributed by atoms with Crippen LogP contribution in [0.1, 0.15) is 12.5 Å². The Hall–Kier alpha value is -2.10. The molecule has 4 nitrogen and oxygen atoms in total. The van der Waals surface area contributed by atoms with Crippen LogP contribution in [0.2, 0.25) is 0 Å². The second kappa shape index (κ2) is 4.61. The SMILES string of the molecule is CCc1ccc(Oc2cn[nH]c(=O)c2)cc1. The van der Waals surface area contributed by atoms with Crippen molar-refractivity contribution in [3.8, 4) is 11.5 Å². The number of H-pyrrole nitrogens is 1. The molecule has 1 N–H and O–H groups in total. The van der Waals surface area contributed by atoms with Gasteiger partial charge in [-0.2, -0.15) is 5.10 Å². The van der Waals surface area contributed by atoms with Crippen LogP contribution in [0.15, 0.2) is 41.3 Å². The summed E-state index contributed by atoms with van der Waals surface area (Å²) < 4.78 is 5.48. The zero-order valence-electron chi connectivity index (χ0n) is 8.93. The minimum atomic E-state index is -0.275. The quantitative estimate of drug-likeness (QED) is 0.855. The summed E-state index contributed by atoms with van der Waals surface area (Å²) in [6.45, 7) is 2.09. The number of rotatable bonds is 3. The van der Waals surface area contributed by atoms with Crippen molar-refractivity contribution in [3.63, 3.8) is 0 Å². The summed E-state index contributed by atoms with van der Waals surface area (Å²) in [4.78, 5) is 11.0. The van der Waals surface area contributed by atoms with Gasteiger partial charge in [-0.05, 0) is 24.1 Å². The molecule has 0 fully saturated rings. The van der Waals surface area contributed by atoms with Crippen molar-refractivity contribution in [3.05, 3.63) is 52.4 Å². The molecule has 0 bridgehead atoms. The van der Waals surface area contributed by atoms with Crippen molar-refractivity contribution in [2.75, 3.05) is 0 Å². The number of aromatic amines is 1. The van der Waals surface area contributed by atoms with Crippen LogP contribution in [0.5, 0.6) is 11.5 Å². The molecule has 0 amide bonds. The molecule has 82 valence electrons. The number of ether oxygens (including phenoxy) is 1. The first-order chi connectivity index (χ1) is 7.78. The summed E-state index contributed by atoms with van der Waals surface area (Å²) in [5, 5.41) is 5.94. The van der Waals surface area contributed by atoms with Gasteiger partial charge in [-0.25, -0.2) is 5.10 Å². The Kier molecular flexibility index (Phi) is 3.00. The van der Waals surface area contributed by atoms with E-state index in [2.05, 4.69) is 17.1 Å². The summed E-state index contributed by atoms with van der Waals surface area (Å²) in [7, 11) is 0. The molecular formula is C12H12N2O2. The molecule has 0 aliphatic heterocycles. The van der Waals surface area contributed by atoms with E-state index in [9.17, 15) is 4.79 Å². The second-order valence-corrected chi connectivity index (χ2v) is 3.38. The molecule has 0 aliphatic carbocycles. The molecule has 0 atom stereocenters. The van der Waals surface area contributed by atoms with Gasteiger partial charge < -0.3 is 4.74 Å². The van der Waals surface area contributed by atoms with Gasteiger partial charge in [0.15, 0.2) is 5.75 Å². The van der Waals surface area contributed by atoms with Crippen molar-refractivity contribution in [2.24, 2.45) is 0 Å². The molecule has 16 heavy (non-hydrogen) atoms. The molecule has 1 aromatic carbocycles. The van der Waals surface area contributed by atoms with E-state index in [0.717, 1.165) is 6.42 Å². The summed E-state index contributed by atoms with van der Waals surface area (Å²) >= 11 is 0. The van der Waals surface area contributed by atoms with Crippen molar-refractivity contribution in [2.45, 2.75) is 13.3 Å². The number of aromatic nitrogens is 2. The van der Waals surface area contributed by atoms with Gasteiger partial charge in [-0.1, -0.05) is 19.1 Å². The fourth-order valence-electron chi connectivity index (χ4n) is 1.34. The number of nitrogens with zero attached hydrogens (tertiary/aromatic N) is 1. The van der Waals surface area contributed by atoms with Crippen LogP contribution in [0, 0.1) is 0 Å². The largest absolute Gasteiger partial charge is 0.455 e. The average Bonchev–Trinajstić information content (AvgIpc) is 2.30. The molecule has 1 heterocycles. The van der Waals surface area contributed by atoms with E-state index in [1.54, 1.807) is 0 Å². The van der Waals surface area contributed by atoms with Crippen LogP contribution in [0.4, 0.5) is 0 Å². The standard InChI is InChI=1S/C12H12N2O2/c1-2-9-3-5-10(6-4-9)16-11-7-12(15)14-13-8-11/h3-8H,2H2,1H3,(H,14,15). The maximum Gasteiger partial charge on any atom is 0.267 e. The first-order valence-corrected chi connectivity index (χ1v) is 5.09. The summed E-state index contributed by atoms with van der Waals surface area (Å²) in [6.07, 6.45) is 2.46. The Morgan fingerprint density at radius 1 is 1.25 bits per heavy atom. The van der Waals surface area contributed by atoms with Crippen LogP contribution in [0.3, 0.4) is 0 Å². The zero-order valence-corrected chi connectivity index (χ0v) is 8.93. The van der Waals surface area contributed by atoms with Gasteiger partial charge in [0.2, 0.25) is 0 Å². The molecule has 2 aromatic rings. The Morgan fingerprint density at radius 3 is 2.62 bits per heavy atom. The Balaban J connectivity index is 2.17. The Labute approximate surface area is 92.9 Å². The third-order valence-electron chi connectivity index (χ3n) is 2.21. The molecule has 0 aliphatic rings. The van der Waals surface area contributed by atoms with Crippen LogP contribution < -0.4 is 10.3 Å². The van der Waals surface area contributed by atoms with E-state index in [4.69, 9.17) is 4.74 Å². The van der Waals surface area contributed by atoms with Gasteiger partial charge in [0.05, 0.1) is 6.20 Å². The lowest BCUT2D eigenvalue weighted by Gasteiger charge is -2.04. The maximum atomic E-state index is 11.0. The highest BCUT2D eigenvalue weighted by molar-refractivity contribution is 5.31. The van der Waals surface area contributed by atoms with E-state index in [1.807, 2.05) is 24.3 Å². The predicted molar refractivity (Wildman–Crippen MR) is 60.8 cm³/mol. The topological polar surface area (TPSA) is 55.0 Å². The van der Waals surface area contributed by atoms with Gasteiger partial charge in [0.25, 0.3) is 5.56 Å². The maximum absolute atomic E-state index is 11.0. The fourth-order valence-corrected chi connectivity index (χ4v) is 1.34. The molecule has 1 aromatic heterocycles. The van der Waals surface area contributed by atoms with Crippen molar-refractivity contribution < 1.29 is 4.74 Å². The van der Waals surface area contributed by atoms with Crippen LogP contribution in [-0.4, -0.2) is 10.2 Å². The first-order valence-electron chi connectivity index (χ1n) is 5.09. The smallest absolute Gasteiger partial charge is 0.267 e. The molecular weight excluding hydrogens is 204 g/mol. The van der Waals surface area contributed by atoms with Crippen LogP contribution in [0.25, 0.3) is 0 Å². The monoisotopic (exact) mass is 216 g/mol. The first kappa shape index (κ1) is 10.4. The molecule has 0 spiro atoms. The third kappa shape index (κ3) is 2.48. The number of hydrogen-bond acceptors (Lipinski definition) is 3. The summed E-state index contributed by atoms with van der Waals surface area (Å²) in [5.74, 6) is 1.14. The van der Waals surface area contributed by atoms with E-state index in [-0.39, 0.29) is 5.56 Å². The van der Waals surface area contributed by atoms with Crippen molar-refractivity contribution in [1.82, 2.24) is 10.2 Å². The Morgan fingerprint density at radius 2 is 2.00 bits per heavy atom. The highest BCUT2D eigenvalue weighted by Crippen LogP contribution is 2.19. The number of aryl methyl sites for hydroxylation is 1. The van der Waals surface area contributed by atoms with Crippen molar-refractivity contribution in [1.29, 1.82) is 0 Å². The highest BCUT2D eigenvalue weighted by Gasteiger charge is 1.98. The molecule has 0 unspecified atom stereocenters. The van der Waals surface area contributed by atoms with Gasteiger partial charge >= 0.3 is 0 Å². The molecule has 2 rings (SSSR count). The molecule has 0 radical (unpaired) electrons. The van der Waals surface area contributed by atoms with Crippen LogP contribution >= 0.6 is 0 Å². The molecule has 0 saturated heterocycles. The minimum Gasteiger partial charge on any atom is -0.455 e. The van der Waals surface area contributed by atoms with Crippen molar-refractivity contribution >= 4 is 0 Å². The number of hydrogen-bond donors (Lipinski definition) is 1. The lowest BCUT2D eigenvalue weighted by atomic mass is 10.2. The fraction of sp³-hybridized carbons (Fsp3) is 0.167. The summed E-state index contributed by atoms with van der Waals surface area (Å²) in [6, 6.07) is 9.10. The van der Waals surface area contributed by atoms with Gasteiger partial charge in [-0.15, -0.1) is 0 Å². The number of nitrogens with one attached hydrogen (secondary N) is 1. The van der Waals surface area contributed by atoms with Crippen LogP contribution in [-0.2, 0) is 6.42 Å². The predicted octanol–water partition coefficient (Wildman–Crippen LogP) is 2.12.